The number of nitrogens with zero attached hydrogens (tertiary/aromatic N) is 2. The molecule has 130 valence electrons. The van der Waals surface area contributed by atoms with Crippen LogP contribution >= 0.6 is 0 Å². The van der Waals surface area contributed by atoms with Crippen molar-refractivity contribution in [2.24, 2.45) is 0 Å². The van der Waals surface area contributed by atoms with Crippen molar-refractivity contribution >= 4 is 17.8 Å². The van der Waals surface area contributed by atoms with E-state index >= 15 is 0 Å². The average Bonchev–Trinajstić information content (AvgIpc) is 3.16. The van der Waals surface area contributed by atoms with Crippen molar-refractivity contribution in [1.29, 1.82) is 0 Å². The minimum atomic E-state index is -0.640. The third-order valence-electron chi connectivity index (χ3n) is 4.07. The van der Waals surface area contributed by atoms with Crippen LogP contribution in [-0.2, 0) is 16.1 Å². The summed E-state index contributed by atoms with van der Waals surface area (Å²) in [5.41, 5.74) is 1.92. The molecule has 1 atom stereocenters. The molecule has 1 aromatic carbocycles. The van der Waals surface area contributed by atoms with Crippen LogP contribution in [0.5, 0.6) is 0 Å². The molecule has 1 aromatic heterocycles. The molecule has 1 saturated heterocycles. The predicted molar refractivity (Wildman–Crippen MR) is 89.8 cm³/mol. The molecule has 0 bridgehead atoms. The minimum Gasteiger partial charge on any atom is -0.352 e. The standard InChI is InChI=1S/C17H19N5O3/c1-11-18-8-9-22(11)14-5-3-2-4-12(14)10-19-15(23)7-6-13-16(24)21-17(25)20-13/h2-5,8-9,13H,6-7,10H2,1H3,(H,19,23)(H2,20,21,24,25)/t13-/m1/s1. The van der Waals surface area contributed by atoms with Crippen molar-refractivity contribution < 1.29 is 14.4 Å². The number of aromatic nitrogens is 2. The molecule has 0 radical (unpaired) electrons. The molecule has 3 N–H and O–H groups in total. The topological polar surface area (TPSA) is 105 Å². The van der Waals surface area contributed by atoms with Gasteiger partial charge < -0.3 is 15.2 Å². The summed E-state index contributed by atoms with van der Waals surface area (Å²) >= 11 is 0. The maximum atomic E-state index is 12.1. The fourth-order valence-corrected chi connectivity index (χ4v) is 2.75. The predicted octanol–water partition coefficient (Wildman–Crippen LogP) is 0.785. The van der Waals surface area contributed by atoms with E-state index in [-0.39, 0.29) is 18.7 Å². The maximum absolute atomic E-state index is 12.1. The maximum Gasteiger partial charge on any atom is 0.322 e. The molecule has 0 aliphatic carbocycles. The third kappa shape index (κ3) is 3.85. The molecule has 2 heterocycles. The Hall–Kier alpha value is -3.16. The van der Waals surface area contributed by atoms with Crippen molar-refractivity contribution in [3.63, 3.8) is 0 Å². The molecule has 1 aliphatic heterocycles. The van der Waals surface area contributed by atoms with Crippen LogP contribution in [0, 0.1) is 6.92 Å². The zero-order valence-corrected chi connectivity index (χ0v) is 13.8. The van der Waals surface area contributed by atoms with Gasteiger partial charge in [0.1, 0.15) is 11.9 Å². The van der Waals surface area contributed by atoms with Gasteiger partial charge in [0.15, 0.2) is 0 Å². The van der Waals surface area contributed by atoms with E-state index in [1.165, 1.54) is 0 Å². The van der Waals surface area contributed by atoms with Gasteiger partial charge in [0, 0.05) is 25.4 Å². The lowest BCUT2D eigenvalue weighted by molar-refractivity contribution is -0.122. The first-order valence-corrected chi connectivity index (χ1v) is 8.01. The van der Waals surface area contributed by atoms with Gasteiger partial charge >= 0.3 is 6.03 Å². The Kier molecular flexibility index (Phi) is 4.78. The number of nitrogens with one attached hydrogen (secondary N) is 3. The van der Waals surface area contributed by atoms with Crippen molar-refractivity contribution in [2.75, 3.05) is 0 Å². The number of hydrogen-bond acceptors (Lipinski definition) is 4. The van der Waals surface area contributed by atoms with Gasteiger partial charge in [-0.05, 0) is 25.0 Å². The third-order valence-corrected chi connectivity index (χ3v) is 4.07. The highest BCUT2D eigenvalue weighted by Crippen LogP contribution is 2.16. The van der Waals surface area contributed by atoms with Crippen molar-refractivity contribution in [3.8, 4) is 5.69 Å². The van der Waals surface area contributed by atoms with E-state index in [9.17, 15) is 14.4 Å². The van der Waals surface area contributed by atoms with Crippen LogP contribution in [0.15, 0.2) is 36.7 Å². The van der Waals surface area contributed by atoms with Gasteiger partial charge in [0.25, 0.3) is 5.91 Å². The van der Waals surface area contributed by atoms with Crippen LogP contribution in [-0.4, -0.2) is 33.4 Å². The van der Waals surface area contributed by atoms with Crippen molar-refractivity contribution in [1.82, 2.24) is 25.5 Å². The Morgan fingerprint density at radius 3 is 2.80 bits per heavy atom. The minimum absolute atomic E-state index is 0.157. The van der Waals surface area contributed by atoms with E-state index < -0.39 is 18.0 Å². The molecule has 4 amide bonds. The Morgan fingerprint density at radius 1 is 1.32 bits per heavy atom. The average molecular weight is 341 g/mol. The number of hydrogen-bond donors (Lipinski definition) is 3. The van der Waals surface area contributed by atoms with Gasteiger partial charge in [-0.25, -0.2) is 9.78 Å². The lowest BCUT2D eigenvalue weighted by atomic mass is 10.1. The van der Waals surface area contributed by atoms with E-state index in [2.05, 4.69) is 20.9 Å². The first-order valence-electron chi connectivity index (χ1n) is 8.01. The lowest BCUT2D eigenvalue weighted by Gasteiger charge is -2.13. The van der Waals surface area contributed by atoms with E-state index in [0.29, 0.717) is 6.54 Å². The van der Waals surface area contributed by atoms with Crippen LogP contribution in [0.4, 0.5) is 4.79 Å². The molecule has 8 heteroatoms. The van der Waals surface area contributed by atoms with Crippen LogP contribution in [0.3, 0.4) is 0 Å². The summed E-state index contributed by atoms with van der Waals surface area (Å²) in [5.74, 6) is 0.298. The Morgan fingerprint density at radius 2 is 2.12 bits per heavy atom. The number of urea groups is 1. The van der Waals surface area contributed by atoms with Crippen LogP contribution in [0.2, 0.25) is 0 Å². The number of imidazole rings is 1. The fraction of sp³-hybridized carbons (Fsp3) is 0.294. The summed E-state index contributed by atoms with van der Waals surface area (Å²) < 4.78 is 1.96. The summed E-state index contributed by atoms with van der Waals surface area (Å²) in [6.45, 7) is 2.28. The summed E-state index contributed by atoms with van der Waals surface area (Å²) in [6.07, 6.45) is 4.03. The molecule has 2 aromatic rings. The number of para-hydroxylation sites is 1. The molecule has 1 fully saturated rings. The highest BCUT2D eigenvalue weighted by atomic mass is 16.2. The Balaban J connectivity index is 1.57. The Bertz CT molecular complexity index is 814. The molecule has 0 unspecified atom stereocenters. The van der Waals surface area contributed by atoms with Crippen LogP contribution in [0.25, 0.3) is 5.69 Å². The molecular weight excluding hydrogens is 322 g/mol. The molecule has 3 rings (SSSR count). The number of carbonyl (C=O) groups excluding carboxylic acids is 3. The normalized spacial score (nSPS) is 16.4. The highest BCUT2D eigenvalue weighted by molar-refractivity contribution is 6.04. The summed E-state index contributed by atoms with van der Waals surface area (Å²) in [5, 5.41) is 7.48. The van der Waals surface area contributed by atoms with E-state index in [4.69, 9.17) is 0 Å². The number of amides is 4. The van der Waals surface area contributed by atoms with E-state index in [1.807, 2.05) is 42.0 Å². The summed E-state index contributed by atoms with van der Waals surface area (Å²) in [7, 11) is 0. The van der Waals surface area contributed by atoms with Gasteiger partial charge in [-0.3, -0.25) is 14.9 Å². The monoisotopic (exact) mass is 341 g/mol. The van der Waals surface area contributed by atoms with Crippen molar-refractivity contribution in [3.05, 3.63) is 48.0 Å². The van der Waals surface area contributed by atoms with Crippen LogP contribution < -0.4 is 16.0 Å². The molecule has 0 saturated carbocycles. The first-order chi connectivity index (χ1) is 12.0. The van der Waals surface area contributed by atoms with Gasteiger partial charge in [0.2, 0.25) is 5.91 Å². The quantitative estimate of drug-likeness (QED) is 0.675. The van der Waals surface area contributed by atoms with E-state index in [1.54, 1.807) is 6.20 Å². The number of aryl methyl sites for hydroxylation is 1. The number of rotatable bonds is 6. The van der Waals surface area contributed by atoms with Gasteiger partial charge in [0.05, 0.1) is 5.69 Å². The molecule has 25 heavy (non-hydrogen) atoms. The SMILES string of the molecule is Cc1nccn1-c1ccccc1CNC(=O)CC[C@H]1NC(=O)NC1=O. The zero-order valence-electron chi connectivity index (χ0n) is 13.8. The second-order valence-electron chi connectivity index (χ2n) is 5.80. The molecular formula is C17H19N5O3. The molecule has 8 nitrogen and oxygen atoms in total. The summed E-state index contributed by atoms with van der Waals surface area (Å²) in [6, 6.07) is 6.60. The number of carbonyl (C=O) groups is 3. The second kappa shape index (κ2) is 7.16. The molecule has 0 spiro atoms. The zero-order chi connectivity index (χ0) is 17.8. The largest absolute Gasteiger partial charge is 0.352 e. The van der Waals surface area contributed by atoms with Gasteiger partial charge in [-0.15, -0.1) is 0 Å². The smallest absolute Gasteiger partial charge is 0.322 e. The number of imide groups is 1. The Labute approximate surface area is 144 Å². The second-order valence-corrected chi connectivity index (χ2v) is 5.80. The molecule has 1 aliphatic rings. The first kappa shape index (κ1) is 16.7. The van der Waals surface area contributed by atoms with E-state index in [0.717, 1.165) is 17.1 Å². The van der Waals surface area contributed by atoms with Crippen LogP contribution in [0.1, 0.15) is 24.2 Å². The highest BCUT2D eigenvalue weighted by Gasteiger charge is 2.29. The lowest BCUT2D eigenvalue weighted by Crippen LogP contribution is -2.31. The van der Waals surface area contributed by atoms with Gasteiger partial charge in [-0.2, -0.15) is 0 Å². The van der Waals surface area contributed by atoms with Gasteiger partial charge in [-0.1, -0.05) is 18.2 Å². The fourth-order valence-electron chi connectivity index (χ4n) is 2.75. The summed E-state index contributed by atoms with van der Waals surface area (Å²) in [4.78, 5) is 38.8. The van der Waals surface area contributed by atoms with Crippen molar-refractivity contribution in [2.45, 2.75) is 32.4 Å². The number of benzene rings is 1.